The molecule has 0 aliphatic carbocycles. The number of pyridine rings is 1. The molecule has 1 unspecified atom stereocenters. The van der Waals surface area contributed by atoms with Gasteiger partial charge in [0.1, 0.15) is 0 Å². The van der Waals surface area contributed by atoms with Gasteiger partial charge in [-0.1, -0.05) is 17.7 Å². The van der Waals surface area contributed by atoms with Gasteiger partial charge in [0.05, 0.1) is 11.6 Å². The number of hydrogen-bond donors (Lipinski definition) is 1. The molecule has 1 aliphatic rings. The molecule has 19 heavy (non-hydrogen) atoms. The fraction of sp³-hybridized carbons (Fsp3) is 0.400. The van der Waals surface area contributed by atoms with Crippen molar-refractivity contribution in [2.75, 3.05) is 13.2 Å². The van der Waals surface area contributed by atoms with Crippen molar-refractivity contribution < 1.29 is 4.74 Å². The van der Waals surface area contributed by atoms with Gasteiger partial charge in [0.2, 0.25) is 0 Å². The molecule has 1 atom stereocenters. The molecule has 2 heterocycles. The lowest BCUT2D eigenvalue weighted by atomic mass is 10.1. The molecule has 1 aliphatic heterocycles. The standard InChI is InChI=1S/C15H17ClN2O/c16-14-6-5-11(15-13(14)4-1-7-18-15)9-17-10-12-3-2-8-19-12/h1,4-7,12,17H,2-3,8-10H2. The Labute approximate surface area is 117 Å². The molecule has 1 aromatic heterocycles. The van der Waals surface area contributed by atoms with E-state index in [4.69, 9.17) is 16.3 Å². The van der Waals surface area contributed by atoms with Gasteiger partial charge in [0.25, 0.3) is 0 Å². The number of aromatic nitrogens is 1. The summed E-state index contributed by atoms with van der Waals surface area (Å²) in [4.78, 5) is 4.44. The number of benzene rings is 1. The first-order valence-corrected chi connectivity index (χ1v) is 7.07. The fourth-order valence-corrected chi connectivity index (χ4v) is 2.73. The van der Waals surface area contributed by atoms with Crippen molar-refractivity contribution in [3.63, 3.8) is 0 Å². The highest BCUT2D eigenvalue weighted by atomic mass is 35.5. The highest BCUT2D eigenvalue weighted by Gasteiger charge is 2.14. The smallest absolute Gasteiger partial charge is 0.0761 e. The van der Waals surface area contributed by atoms with Gasteiger partial charge in [-0.3, -0.25) is 4.98 Å². The van der Waals surface area contributed by atoms with E-state index in [1.807, 2.05) is 30.5 Å². The van der Waals surface area contributed by atoms with E-state index in [9.17, 15) is 0 Å². The summed E-state index contributed by atoms with van der Waals surface area (Å²) in [5.74, 6) is 0. The molecule has 100 valence electrons. The zero-order chi connectivity index (χ0) is 13.1. The Kier molecular flexibility index (Phi) is 3.97. The van der Waals surface area contributed by atoms with E-state index < -0.39 is 0 Å². The number of hydrogen-bond acceptors (Lipinski definition) is 3. The number of nitrogens with one attached hydrogen (secondary N) is 1. The van der Waals surface area contributed by atoms with Crippen LogP contribution in [-0.4, -0.2) is 24.2 Å². The maximum absolute atomic E-state index is 6.19. The maximum atomic E-state index is 6.19. The van der Waals surface area contributed by atoms with Crippen molar-refractivity contribution >= 4 is 22.5 Å². The third-order valence-electron chi connectivity index (χ3n) is 3.51. The Bertz CT molecular complexity index is 567. The van der Waals surface area contributed by atoms with Crippen molar-refractivity contribution in [1.82, 2.24) is 10.3 Å². The molecule has 3 rings (SSSR count). The largest absolute Gasteiger partial charge is 0.377 e. The van der Waals surface area contributed by atoms with Crippen LogP contribution >= 0.6 is 11.6 Å². The minimum Gasteiger partial charge on any atom is -0.377 e. The van der Waals surface area contributed by atoms with Gasteiger partial charge in [-0.05, 0) is 36.6 Å². The zero-order valence-electron chi connectivity index (χ0n) is 10.7. The van der Waals surface area contributed by atoms with Gasteiger partial charge in [-0.15, -0.1) is 0 Å². The van der Waals surface area contributed by atoms with Crippen LogP contribution in [0, 0.1) is 0 Å². The summed E-state index contributed by atoms with van der Waals surface area (Å²) >= 11 is 6.19. The first-order chi connectivity index (χ1) is 9.34. The Morgan fingerprint density at radius 2 is 2.32 bits per heavy atom. The molecule has 0 bridgehead atoms. The molecule has 1 fully saturated rings. The summed E-state index contributed by atoms with van der Waals surface area (Å²) in [5, 5.41) is 5.22. The zero-order valence-corrected chi connectivity index (χ0v) is 11.5. The quantitative estimate of drug-likeness (QED) is 0.931. The van der Waals surface area contributed by atoms with E-state index in [0.717, 1.165) is 42.0 Å². The molecule has 4 heteroatoms. The van der Waals surface area contributed by atoms with Crippen LogP contribution in [0.2, 0.25) is 5.02 Å². The average Bonchev–Trinajstić information content (AvgIpc) is 2.95. The molecular formula is C15H17ClN2O. The van der Waals surface area contributed by atoms with Crippen LogP contribution in [0.4, 0.5) is 0 Å². The maximum Gasteiger partial charge on any atom is 0.0761 e. The number of rotatable bonds is 4. The minimum absolute atomic E-state index is 0.367. The topological polar surface area (TPSA) is 34.1 Å². The van der Waals surface area contributed by atoms with Crippen molar-refractivity contribution in [1.29, 1.82) is 0 Å². The molecule has 1 aromatic carbocycles. The number of nitrogens with zero attached hydrogens (tertiary/aromatic N) is 1. The number of halogens is 1. The van der Waals surface area contributed by atoms with Crippen molar-refractivity contribution in [2.24, 2.45) is 0 Å². The Morgan fingerprint density at radius 3 is 3.16 bits per heavy atom. The van der Waals surface area contributed by atoms with Gasteiger partial charge < -0.3 is 10.1 Å². The summed E-state index contributed by atoms with van der Waals surface area (Å²) in [5.41, 5.74) is 2.16. The van der Waals surface area contributed by atoms with Gasteiger partial charge in [-0.2, -0.15) is 0 Å². The van der Waals surface area contributed by atoms with Crippen LogP contribution in [0.15, 0.2) is 30.5 Å². The van der Waals surface area contributed by atoms with Crippen LogP contribution in [0.1, 0.15) is 18.4 Å². The highest BCUT2D eigenvalue weighted by Crippen LogP contribution is 2.24. The van der Waals surface area contributed by atoms with Crippen molar-refractivity contribution in [3.05, 3.63) is 41.0 Å². The summed E-state index contributed by atoms with van der Waals surface area (Å²) in [7, 11) is 0. The number of ether oxygens (including phenoxy) is 1. The predicted octanol–water partition coefficient (Wildman–Crippen LogP) is 3.16. The summed E-state index contributed by atoms with van der Waals surface area (Å²) in [6, 6.07) is 7.90. The molecule has 0 radical (unpaired) electrons. The third kappa shape index (κ3) is 2.89. The monoisotopic (exact) mass is 276 g/mol. The van der Waals surface area contributed by atoms with Gasteiger partial charge in [-0.25, -0.2) is 0 Å². The van der Waals surface area contributed by atoms with Gasteiger partial charge in [0.15, 0.2) is 0 Å². The summed E-state index contributed by atoms with van der Waals surface area (Å²) in [6.07, 6.45) is 4.51. The lowest BCUT2D eigenvalue weighted by molar-refractivity contribution is 0.110. The van der Waals surface area contributed by atoms with Crippen LogP contribution < -0.4 is 5.32 Å². The Morgan fingerprint density at radius 1 is 1.37 bits per heavy atom. The van der Waals surface area contributed by atoms with Crippen LogP contribution in [0.25, 0.3) is 10.9 Å². The van der Waals surface area contributed by atoms with E-state index in [1.165, 1.54) is 12.0 Å². The van der Waals surface area contributed by atoms with E-state index in [1.54, 1.807) is 0 Å². The molecule has 2 aromatic rings. The molecule has 0 saturated carbocycles. The van der Waals surface area contributed by atoms with Crippen molar-refractivity contribution in [3.8, 4) is 0 Å². The Balaban J connectivity index is 1.72. The summed E-state index contributed by atoms with van der Waals surface area (Å²) in [6.45, 7) is 2.60. The summed E-state index contributed by atoms with van der Waals surface area (Å²) < 4.78 is 5.60. The molecule has 1 saturated heterocycles. The molecule has 0 amide bonds. The SMILES string of the molecule is Clc1ccc(CNCC2CCCO2)c2ncccc12. The first kappa shape index (κ1) is 12.9. The fourth-order valence-electron chi connectivity index (χ4n) is 2.51. The second-order valence-electron chi connectivity index (χ2n) is 4.87. The van der Waals surface area contributed by atoms with E-state index >= 15 is 0 Å². The molecule has 0 spiro atoms. The van der Waals surface area contributed by atoms with Crippen LogP contribution in [0.3, 0.4) is 0 Å². The third-order valence-corrected chi connectivity index (χ3v) is 3.84. The van der Waals surface area contributed by atoms with E-state index in [-0.39, 0.29) is 0 Å². The minimum atomic E-state index is 0.367. The second-order valence-corrected chi connectivity index (χ2v) is 5.28. The van der Waals surface area contributed by atoms with Gasteiger partial charge >= 0.3 is 0 Å². The number of fused-ring (bicyclic) bond motifs is 1. The Hall–Kier alpha value is -1.16. The first-order valence-electron chi connectivity index (χ1n) is 6.69. The van der Waals surface area contributed by atoms with E-state index in [2.05, 4.69) is 10.3 Å². The highest BCUT2D eigenvalue weighted by molar-refractivity contribution is 6.35. The predicted molar refractivity (Wildman–Crippen MR) is 77.4 cm³/mol. The normalized spacial score (nSPS) is 19.1. The average molecular weight is 277 g/mol. The lowest BCUT2D eigenvalue weighted by Gasteiger charge is -2.12. The van der Waals surface area contributed by atoms with Gasteiger partial charge in [0, 0.05) is 36.3 Å². The van der Waals surface area contributed by atoms with Crippen LogP contribution in [0.5, 0.6) is 0 Å². The molecule has 1 N–H and O–H groups in total. The van der Waals surface area contributed by atoms with Crippen molar-refractivity contribution in [2.45, 2.75) is 25.5 Å². The second kappa shape index (κ2) is 5.87. The molecule has 3 nitrogen and oxygen atoms in total. The van der Waals surface area contributed by atoms with E-state index in [0.29, 0.717) is 6.10 Å². The van der Waals surface area contributed by atoms with Crippen LogP contribution in [-0.2, 0) is 11.3 Å². The molecular weight excluding hydrogens is 260 g/mol. The lowest BCUT2D eigenvalue weighted by Crippen LogP contribution is -2.25.